The van der Waals surface area contributed by atoms with Gasteiger partial charge in [-0.2, -0.15) is 0 Å². The topological polar surface area (TPSA) is 12.9 Å². The third-order valence-corrected chi connectivity index (χ3v) is 3.43. The Kier molecular flexibility index (Phi) is 2.62. The molecule has 0 aliphatic rings. The Hall–Kier alpha value is -1.02. The standard InChI is InChI=1S/C13H6Cl3N/c14-7-1-3-9-10-4-2-8(15)6-12(10)17-13(16)11(9)5-7/h1-6H. The highest BCUT2D eigenvalue weighted by atomic mass is 35.5. The van der Waals surface area contributed by atoms with Crippen molar-refractivity contribution in [1.29, 1.82) is 0 Å². The molecule has 0 unspecified atom stereocenters. The molecule has 2 aromatic carbocycles. The second-order valence-electron chi connectivity index (χ2n) is 3.75. The number of nitrogens with zero attached hydrogens (tertiary/aromatic N) is 1. The van der Waals surface area contributed by atoms with E-state index in [2.05, 4.69) is 4.98 Å². The van der Waals surface area contributed by atoms with E-state index in [0.29, 0.717) is 15.2 Å². The Bertz CT molecular complexity index is 737. The summed E-state index contributed by atoms with van der Waals surface area (Å²) in [6.45, 7) is 0. The average molecular weight is 283 g/mol. The fourth-order valence-electron chi connectivity index (χ4n) is 1.91. The van der Waals surface area contributed by atoms with Crippen molar-refractivity contribution in [2.45, 2.75) is 0 Å². The lowest BCUT2D eigenvalue weighted by atomic mass is 10.1. The van der Waals surface area contributed by atoms with Gasteiger partial charge in [-0.15, -0.1) is 0 Å². The molecule has 0 N–H and O–H groups in total. The summed E-state index contributed by atoms with van der Waals surface area (Å²) in [4.78, 5) is 4.33. The summed E-state index contributed by atoms with van der Waals surface area (Å²) in [6, 6.07) is 11.2. The molecular formula is C13H6Cl3N. The van der Waals surface area contributed by atoms with Gasteiger partial charge in [0.1, 0.15) is 5.15 Å². The zero-order valence-corrected chi connectivity index (χ0v) is 10.8. The number of pyridine rings is 1. The normalized spacial score (nSPS) is 11.2. The average Bonchev–Trinajstić information content (AvgIpc) is 2.29. The zero-order valence-electron chi connectivity index (χ0n) is 8.55. The highest BCUT2D eigenvalue weighted by Crippen LogP contribution is 2.32. The Morgan fingerprint density at radius 2 is 1.35 bits per heavy atom. The van der Waals surface area contributed by atoms with E-state index < -0.39 is 0 Å². The molecule has 0 radical (unpaired) electrons. The summed E-state index contributed by atoms with van der Waals surface area (Å²) < 4.78 is 0. The second kappa shape index (κ2) is 4.02. The summed E-state index contributed by atoms with van der Waals surface area (Å²) in [5.41, 5.74) is 0.789. The van der Waals surface area contributed by atoms with Crippen LogP contribution in [0.4, 0.5) is 0 Å². The van der Waals surface area contributed by atoms with E-state index in [1.165, 1.54) is 0 Å². The summed E-state index contributed by atoms with van der Waals surface area (Å²) in [5, 5.41) is 4.64. The van der Waals surface area contributed by atoms with Gasteiger partial charge in [-0.3, -0.25) is 0 Å². The summed E-state index contributed by atoms with van der Waals surface area (Å²) in [5.74, 6) is 0. The molecule has 0 atom stereocenters. The minimum Gasteiger partial charge on any atom is -0.235 e. The van der Waals surface area contributed by atoms with Gasteiger partial charge < -0.3 is 0 Å². The lowest BCUT2D eigenvalue weighted by Gasteiger charge is -2.06. The van der Waals surface area contributed by atoms with E-state index in [1.54, 1.807) is 6.07 Å². The van der Waals surface area contributed by atoms with Crippen molar-refractivity contribution in [3.8, 4) is 0 Å². The summed E-state index contributed by atoms with van der Waals surface area (Å²) >= 11 is 18.1. The maximum absolute atomic E-state index is 6.15. The largest absolute Gasteiger partial charge is 0.235 e. The van der Waals surface area contributed by atoms with Crippen LogP contribution in [0.2, 0.25) is 15.2 Å². The molecule has 1 aromatic heterocycles. The molecule has 0 saturated heterocycles. The first kappa shape index (κ1) is 11.1. The first-order chi connectivity index (χ1) is 8.15. The fourth-order valence-corrected chi connectivity index (χ4v) is 2.50. The van der Waals surface area contributed by atoms with Crippen molar-refractivity contribution in [2.24, 2.45) is 0 Å². The molecule has 0 aliphatic carbocycles. The van der Waals surface area contributed by atoms with Gasteiger partial charge in [0.25, 0.3) is 0 Å². The molecule has 0 spiro atoms. The van der Waals surface area contributed by atoms with Crippen LogP contribution in [0.15, 0.2) is 36.4 Å². The highest BCUT2D eigenvalue weighted by molar-refractivity contribution is 6.37. The molecule has 3 rings (SSSR count). The van der Waals surface area contributed by atoms with Crippen molar-refractivity contribution in [1.82, 2.24) is 4.98 Å². The minimum atomic E-state index is 0.442. The third-order valence-electron chi connectivity index (χ3n) is 2.67. The number of benzene rings is 2. The van der Waals surface area contributed by atoms with Gasteiger partial charge in [-0.05, 0) is 29.7 Å². The van der Waals surface area contributed by atoms with Gasteiger partial charge in [0.05, 0.1) is 5.52 Å². The Morgan fingerprint density at radius 3 is 2.12 bits per heavy atom. The van der Waals surface area contributed by atoms with Crippen LogP contribution in [-0.4, -0.2) is 4.98 Å². The first-order valence-corrected chi connectivity index (χ1v) is 6.12. The number of hydrogen-bond donors (Lipinski definition) is 0. The van der Waals surface area contributed by atoms with Gasteiger partial charge in [-0.25, -0.2) is 4.98 Å². The molecule has 0 amide bonds. The van der Waals surface area contributed by atoms with Crippen LogP contribution in [0.3, 0.4) is 0 Å². The zero-order chi connectivity index (χ0) is 12.0. The van der Waals surface area contributed by atoms with Gasteiger partial charge in [0, 0.05) is 20.8 Å². The number of halogens is 3. The second-order valence-corrected chi connectivity index (χ2v) is 4.98. The van der Waals surface area contributed by atoms with Gasteiger partial charge in [0.2, 0.25) is 0 Å². The lowest BCUT2D eigenvalue weighted by molar-refractivity contribution is 1.44. The fraction of sp³-hybridized carbons (Fsp3) is 0. The van der Waals surface area contributed by atoms with E-state index >= 15 is 0 Å². The highest BCUT2D eigenvalue weighted by Gasteiger charge is 2.07. The Balaban J connectivity index is 2.55. The number of rotatable bonds is 0. The quantitative estimate of drug-likeness (QED) is 0.400. The molecule has 0 fully saturated rings. The first-order valence-electron chi connectivity index (χ1n) is 4.99. The van der Waals surface area contributed by atoms with Crippen molar-refractivity contribution < 1.29 is 0 Å². The summed E-state index contributed by atoms with van der Waals surface area (Å²) in [6.07, 6.45) is 0. The molecule has 0 saturated carbocycles. The van der Waals surface area contributed by atoms with Gasteiger partial charge >= 0.3 is 0 Å². The van der Waals surface area contributed by atoms with Crippen LogP contribution in [0.25, 0.3) is 21.7 Å². The smallest absolute Gasteiger partial charge is 0.137 e. The Labute approximate surface area is 113 Å². The van der Waals surface area contributed by atoms with Crippen molar-refractivity contribution in [3.63, 3.8) is 0 Å². The van der Waals surface area contributed by atoms with E-state index in [-0.39, 0.29) is 0 Å². The molecule has 0 aliphatic heterocycles. The number of aromatic nitrogens is 1. The predicted molar refractivity (Wildman–Crippen MR) is 74.3 cm³/mol. The summed E-state index contributed by atoms with van der Waals surface area (Å²) in [7, 11) is 0. The van der Waals surface area contributed by atoms with Crippen molar-refractivity contribution in [3.05, 3.63) is 51.6 Å². The van der Waals surface area contributed by atoms with Crippen LogP contribution in [0.5, 0.6) is 0 Å². The van der Waals surface area contributed by atoms with Gasteiger partial charge in [0.15, 0.2) is 0 Å². The molecule has 3 aromatic rings. The Morgan fingerprint density at radius 1 is 0.706 bits per heavy atom. The molecule has 1 heterocycles. The third kappa shape index (κ3) is 1.85. The molecule has 0 bridgehead atoms. The molecule has 4 heteroatoms. The SMILES string of the molecule is Clc1ccc2c(c1)nc(Cl)c1cc(Cl)ccc12. The van der Waals surface area contributed by atoms with Crippen LogP contribution >= 0.6 is 34.8 Å². The number of hydrogen-bond acceptors (Lipinski definition) is 1. The van der Waals surface area contributed by atoms with E-state index in [0.717, 1.165) is 21.7 Å². The van der Waals surface area contributed by atoms with Crippen molar-refractivity contribution in [2.75, 3.05) is 0 Å². The van der Waals surface area contributed by atoms with Crippen LogP contribution in [0.1, 0.15) is 0 Å². The molecular weight excluding hydrogens is 277 g/mol. The van der Waals surface area contributed by atoms with E-state index in [9.17, 15) is 0 Å². The molecule has 1 nitrogen and oxygen atoms in total. The van der Waals surface area contributed by atoms with E-state index in [1.807, 2.05) is 30.3 Å². The van der Waals surface area contributed by atoms with Crippen LogP contribution in [-0.2, 0) is 0 Å². The van der Waals surface area contributed by atoms with Gasteiger partial charge in [-0.1, -0.05) is 46.9 Å². The molecule has 84 valence electrons. The minimum absolute atomic E-state index is 0.442. The predicted octanol–water partition coefficient (Wildman–Crippen LogP) is 5.35. The van der Waals surface area contributed by atoms with Crippen LogP contribution < -0.4 is 0 Å². The van der Waals surface area contributed by atoms with Crippen LogP contribution in [0, 0.1) is 0 Å². The maximum atomic E-state index is 6.15. The lowest BCUT2D eigenvalue weighted by Crippen LogP contribution is -1.84. The molecule has 17 heavy (non-hydrogen) atoms. The monoisotopic (exact) mass is 281 g/mol. The van der Waals surface area contributed by atoms with E-state index in [4.69, 9.17) is 34.8 Å². The van der Waals surface area contributed by atoms with Crippen molar-refractivity contribution >= 4 is 56.5 Å². The maximum Gasteiger partial charge on any atom is 0.137 e. The number of fused-ring (bicyclic) bond motifs is 3.